The van der Waals surface area contributed by atoms with Gasteiger partial charge in [-0.15, -0.1) is 0 Å². The second-order valence-corrected chi connectivity index (χ2v) is 7.73. The van der Waals surface area contributed by atoms with Crippen LogP contribution < -0.4 is 10.1 Å². The van der Waals surface area contributed by atoms with Crippen molar-refractivity contribution < 1.29 is 19.1 Å². The fraction of sp³-hybridized carbons (Fsp3) is 0.348. The lowest BCUT2D eigenvalue weighted by Gasteiger charge is -2.29. The number of anilines is 1. The number of carbonyl (C=O) groups is 2. The molecule has 0 radical (unpaired) electrons. The molecule has 29 heavy (non-hydrogen) atoms. The fourth-order valence-electron chi connectivity index (χ4n) is 3.49. The topological polar surface area (TPSA) is 77.0 Å². The molecule has 0 saturated carbocycles. The van der Waals surface area contributed by atoms with Crippen LogP contribution in [0.4, 0.5) is 5.69 Å². The summed E-state index contributed by atoms with van der Waals surface area (Å²) in [5, 5.41) is 2.71. The number of Topliss-reactive ketones (excluding diaryl/α,β-unsaturated/α-hetero) is 1. The van der Waals surface area contributed by atoms with Crippen LogP contribution in [-0.2, 0) is 16.0 Å². The molecule has 1 N–H and O–H groups in total. The van der Waals surface area contributed by atoms with Gasteiger partial charge in [0.1, 0.15) is 12.4 Å². The van der Waals surface area contributed by atoms with Gasteiger partial charge in [0.15, 0.2) is 5.78 Å². The van der Waals surface area contributed by atoms with Crippen LogP contribution in [0.15, 0.2) is 47.5 Å². The average molecular weight is 394 g/mol. The average Bonchev–Trinajstić information content (AvgIpc) is 2.67. The molecular weight excluding hydrogens is 368 g/mol. The first-order chi connectivity index (χ1) is 13.8. The van der Waals surface area contributed by atoms with Crippen molar-refractivity contribution >= 4 is 23.1 Å². The molecule has 0 saturated heterocycles. The number of methoxy groups -OCH3 is 2. The fourth-order valence-corrected chi connectivity index (χ4v) is 3.49. The molecule has 0 bridgehead atoms. The lowest BCUT2D eigenvalue weighted by atomic mass is 9.85. The zero-order valence-electron chi connectivity index (χ0n) is 17.2. The van der Waals surface area contributed by atoms with Gasteiger partial charge in [0.25, 0.3) is 0 Å². The first-order valence-electron chi connectivity index (χ1n) is 9.49. The standard InChI is InChI=1S/C23H26N2O4/c1-23(2)13-16-7-10-18(29-4)11-19(16)20(25-23)12-21(26)15-5-8-17(9-6-15)24-22(27)14-28-3/h5-11H,12-14H2,1-4H3,(H,24,27). The van der Waals surface area contributed by atoms with E-state index < -0.39 is 0 Å². The summed E-state index contributed by atoms with van der Waals surface area (Å²) in [7, 11) is 3.09. The van der Waals surface area contributed by atoms with Crippen LogP contribution in [-0.4, -0.2) is 43.8 Å². The molecule has 1 heterocycles. The maximum absolute atomic E-state index is 12.9. The summed E-state index contributed by atoms with van der Waals surface area (Å²) in [6, 6.07) is 12.8. The Labute approximate surface area is 170 Å². The van der Waals surface area contributed by atoms with Crippen molar-refractivity contribution in [3.05, 3.63) is 59.2 Å². The van der Waals surface area contributed by atoms with Crippen molar-refractivity contribution in [3.8, 4) is 5.75 Å². The van der Waals surface area contributed by atoms with Gasteiger partial charge >= 0.3 is 0 Å². The van der Waals surface area contributed by atoms with Gasteiger partial charge < -0.3 is 14.8 Å². The Kier molecular flexibility index (Phi) is 6.13. The first-order valence-corrected chi connectivity index (χ1v) is 9.49. The minimum atomic E-state index is -0.257. The molecule has 0 atom stereocenters. The predicted molar refractivity (Wildman–Crippen MR) is 113 cm³/mol. The van der Waals surface area contributed by atoms with Gasteiger partial charge in [-0.05, 0) is 62.2 Å². The van der Waals surface area contributed by atoms with Crippen LogP contribution in [0.3, 0.4) is 0 Å². The van der Waals surface area contributed by atoms with Crippen molar-refractivity contribution in [2.75, 3.05) is 26.1 Å². The Hall–Kier alpha value is -2.99. The molecule has 2 aromatic rings. The maximum Gasteiger partial charge on any atom is 0.250 e. The Morgan fingerprint density at radius 1 is 1.10 bits per heavy atom. The van der Waals surface area contributed by atoms with E-state index in [-0.39, 0.29) is 30.3 Å². The van der Waals surface area contributed by atoms with Gasteiger partial charge in [0, 0.05) is 23.9 Å². The molecule has 0 aliphatic carbocycles. The van der Waals surface area contributed by atoms with Crippen molar-refractivity contribution in [1.82, 2.24) is 0 Å². The van der Waals surface area contributed by atoms with Crippen LogP contribution in [0.1, 0.15) is 41.8 Å². The van der Waals surface area contributed by atoms with Crippen molar-refractivity contribution in [2.45, 2.75) is 32.2 Å². The number of hydrogen-bond donors (Lipinski definition) is 1. The zero-order valence-corrected chi connectivity index (χ0v) is 17.2. The number of nitrogens with zero attached hydrogens (tertiary/aromatic N) is 1. The largest absolute Gasteiger partial charge is 0.497 e. The van der Waals surface area contributed by atoms with E-state index in [0.717, 1.165) is 23.4 Å². The molecule has 0 spiro atoms. The molecule has 3 rings (SSSR count). The molecule has 1 amide bonds. The summed E-state index contributed by atoms with van der Waals surface area (Å²) >= 11 is 0. The third-order valence-corrected chi connectivity index (χ3v) is 4.78. The Morgan fingerprint density at radius 2 is 1.83 bits per heavy atom. The minimum Gasteiger partial charge on any atom is -0.497 e. The maximum atomic E-state index is 12.9. The first kappa shape index (κ1) is 20.7. The van der Waals surface area contributed by atoms with E-state index in [0.29, 0.717) is 11.3 Å². The molecule has 2 aromatic carbocycles. The van der Waals surface area contributed by atoms with E-state index in [4.69, 9.17) is 14.5 Å². The van der Waals surface area contributed by atoms with Crippen LogP contribution in [0.25, 0.3) is 0 Å². The second-order valence-electron chi connectivity index (χ2n) is 7.73. The number of ketones is 1. The third-order valence-electron chi connectivity index (χ3n) is 4.78. The third kappa shape index (κ3) is 5.09. The quantitative estimate of drug-likeness (QED) is 0.727. The number of rotatable bonds is 7. The number of amides is 1. The molecule has 1 aliphatic heterocycles. The smallest absolute Gasteiger partial charge is 0.250 e. The van der Waals surface area contributed by atoms with E-state index in [9.17, 15) is 9.59 Å². The number of benzene rings is 2. The monoisotopic (exact) mass is 394 g/mol. The zero-order chi connectivity index (χ0) is 21.0. The predicted octanol–water partition coefficient (Wildman–Crippen LogP) is 3.68. The number of fused-ring (bicyclic) bond motifs is 1. The summed E-state index contributed by atoms with van der Waals surface area (Å²) in [6.45, 7) is 4.13. The number of carbonyl (C=O) groups excluding carboxylic acids is 2. The van der Waals surface area contributed by atoms with Crippen LogP contribution in [0, 0.1) is 0 Å². The summed E-state index contributed by atoms with van der Waals surface area (Å²) in [6.07, 6.45) is 1.03. The number of hydrogen-bond acceptors (Lipinski definition) is 5. The summed E-state index contributed by atoms with van der Waals surface area (Å²) in [5.41, 5.74) is 3.86. The van der Waals surface area contributed by atoms with Crippen LogP contribution >= 0.6 is 0 Å². The van der Waals surface area contributed by atoms with Crippen molar-refractivity contribution in [3.63, 3.8) is 0 Å². The van der Waals surface area contributed by atoms with Gasteiger partial charge in [-0.1, -0.05) is 6.07 Å². The lowest BCUT2D eigenvalue weighted by Crippen LogP contribution is -2.30. The molecule has 0 fully saturated rings. The van der Waals surface area contributed by atoms with Gasteiger partial charge in [-0.3, -0.25) is 14.6 Å². The highest BCUT2D eigenvalue weighted by Crippen LogP contribution is 2.31. The number of aliphatic imine (C=N–C) groups is 1. The van der Waals surface area contributed by atoms with E-state index in [2.05, 4.69) is 19.2 Å². The molecule has 6 nitrogen and oxygen atoms in total. The highest BCUT2D eigenvalue weighted by atomic mass is 16.5. The molecular formula is C23H26N2O4. The Morgan fingerprint density at radius 3 is 2.48 bits per heavy atom. The van der Waals surface area contributed by atoms with E-state index in [1.807, 2.05) is 18.2 Å². The van der Waals surface area contributed by atoms with E-state index in [1.165, 1.54) is 12.7 Å². The Balaban J connectivity index is 1.79. The molecule has 152 valence electrons. The SMILES string of the molecule is COCC(=O)Nc1ccc(C(=O)CC2=NC(C)(C)Cc3ccc(OC)cc32)cc1. The van der Waals surface area contributed by atoms with E-state index in [1.54, 1.807) is 31.4 Å². The molecule has 0 aromatic heterocycles. The number of ether oxygens (including phenoxy) is 2. The summed E-state index contributed by atoms with van der Waals surface area (Å²) < 4.78 is 10.1. The van der Waals surface area contributed by atoms with E-state index >= 15 is 0 Å². The van der Waals surface area contributed by atoms with Crippen LogP contribution in [0.2, 0.25) is 0 Å². The van der Waals surface area contributed by atoms with Gasteiger partial charge in [0.2, 0.25) is 5.91 Å². The highest BCUT2D eigenvalue weighted by Gasteiger charge is 2.28. The summed E-state index contributed by atoms with van der Waals surface area (Å²) in [5.74, 6) is 0.487. The van der Waals surface area contributed by atoms with Gasteiger partial charge in [-0.2, -0.15) is 0 Å². The second kappa shape index (κ2) is 8.57. The molecule has 0 unspecified atom stereocenters. The van der Waals surface area contributed by atoms with Gasteiger partial charge in [0.05, 0.1) is 24.8 Å². The van der Waals surface area contributed by atoms with Crippen molar-refractivity contribution in [1.29, 1.82) is 0 Å². The van der Waals surface area contributed by atoms with Gasteiger partial charge in [-0.25, -0.2) is 0 Å². The number of nitrogens with one attached hydrogen (secondary N) is 1. The van der Waals surface area contributed by atoms with Crippen LogP contribution in [0.5, 0.6) is 5.75 Å². The molecule has 1 aliphatic rings. The van der Waals surface area contributed by atoms with Crippen molar-refractivity contribution in [2.24, 2.45) is 4.99 Å². The highest BCUT2D eigenvalue weighted by molar-refractivity contribution is 6.17. The molecule has 6 heteroatoms. The normalized spacial score (nSPS) is 14.6. The minimum absolute atomic E-state index is 0.0147. The lowest BCUT2D eigenvalue weighted by molar-refractivity contribution is -0.119. The summed E-state index contributed by atoms with van der Waals surface area (Å²) in [4.78, 5) is 29.3. The Bertz CT molecular complexity index is 946.